The maximum atomic E-state index is 5.45. The topological polar surface area (TPSA) is 38.0 Å². The minimum atomic E-state index is 0.763. The first-order valence-corrected chi connectivity index (χ1v) is 11.8. The molecular weight excluding hydrogens is 304 g/mol. The molecule has 2 heteroatoms. The number of hydrogen-bond acceptors (Lipinski definition) is 2. The molecule has 0 aliphatic heterocycles. The van der Waals surface area contributed by atoms with Gasteiger partial charge >= 0.3 is 0 Å². The van der Waals surface area contributed by atoms with Gasteiger partial charge in [-0.25, -0.2) is 0 Å². The SMILES string of the molecule is CCCCCCCCCCCCCCCCCCCCCNCCN. The van der Waals surface area contributed by atoms with Crippen molar-refractivity contribution in [2.45, 2.75) is 129 Å². The van der Waals surface area contributed by atoms with Gasteiger partial charge in [-0.1, -0.05) is 122 Å². The van der Waals surface area contributed by atoms with Crippen molar-refractivity contribution in [1.82, 2.24) is 5.32 Å². The molecule has 0 amide bonds. The third-order valence-electron chi connectivity index (χ3n) is 5.28. The molecule has 0 aromatic carbocycles. The molecule has 0 spiro atoms. The Kier molecular flexibility index (Phi) is 23.8. The van der Waals surface area contributed by atoms with E-state index < -0.39 is 0 Å². The lowest BCUT2D eigenvalue weighted by atomic mass is 10.0. The molecule has 0 aromatic rings. The lowest BCUT2D eigenvalue weighted by molar-refractivity contribution is 0.521. The van der Waals surface area contributed by atoms with Gasteiger partial charge in [0.1, 0.15) is 0 Å². The molecule has 0 radical (unpaired) electrons. The number of rotatable bonds is 22. The lowest BCUT2D eigenvalue weighted by Gasteiger charge is -2.04. The first-order chi connectivity index (χ1) is 12.4. The molecule has 2 nitrogen and oxygen atoms in total. The fourth-order valence-corrected chi connectivity index (χ4v) is 3.56. The molecule has 0 saturated heterocycles. The van der Waals surface area contributed by atoms with Crippen molar-refractivity contribution in [3.05, 3.63) is 0 Å². The zero-order valence-electron chi connectivity index (χ0n) is 17.6. The second-order valence-electron chi connectivity index (χ2n) is 7.90. The van der Waals surface area contributed by atoms with Crippen LogP contribution in [-0.2, 0) is 0 Å². The van der Waals surface area contributed by atoms with E-state index in [4.69, 9.17) is 5.73 Å². The summed E-state index contributed by atoms with van der Waals surface area (Å²) in [6.45, 7) is 5.18. The molecule has 25 heavy (non-hydrogen) atoms. The highest BCUT2D eigenvalue weighted by atomic mass is 14.9. The van der Waals surface area contributed by atoms with Gasteiger partial charge in [0.2, 0.25) is 0 Å². The van der Waals surface area contributed by atoms with Gasteiger partial charge in [0.15, 0.2) is 0 Å². The summed E-state index contributed by atoms with van der Waals surface area (Å²) in [5.74, 6) is 0. The summed E-state index contributed by atoms with van der Waals surface area (Å²) in [7, 11) is 0. The molecule has 0 aliphatic carbocycles. The number of nitrogens with one attached hydrogen (secondary N) is 1. The first kappa shape index (κ1) is 24.9. The van der Waals surface area contributed by atoms with E-state index in [1.165, 1.54) is 122 Å². The molecular formula is C23H50N2. The number of nitrogens with two attached hydrogens (primary N) is 1. The smallest absolute Gasteiger partial charge is 0.00745 e. The van der Waals surface area contributed by atoms with Crippen LogP contribution < -0.4 is 11.1 Å². The summed E-state index contributed by atoms with van der Waals surface area (Å²) in [5, 5.41) is 3.37. The zero-order chi connectivity index (χ0) is 18.3. The van der Waals surface area contributed by atoms with Gasteiger partial charge in [0.05, 0.1) is 0 Å². The second-order valence-corrected chi connectivity index (χ2v) is 7.90. The third-order valence-corrected chi connectivity index (χ3v) is 5.28. The molecule has 0 aromatic heterocycles. The van der Waals surface area contributed by atoms with Gasteiger partial charge in [-0.3, -0.25) is 0 Å². The minimum Gasteiger partial charge on any atom is -0.329 e. The molecule has 0 bridgehead atoms. The van der Waals surface area contributed by atoms with E-state index in [0.29, 0.717) is 0 Å². The molecule has 0 saturated carbocycles. The molecule has 152 valence electrons. The Hall–Kier alpha value is -0.0800. The van der Waals surface area contributed by atoms with Crippen LogP contribution in [-0.4, -0.2) is 19.6 Å². The van der Waals surface area contributed by atoms with Gasteiger partial charge in [0.25, 0.3) is 0 Å². The lowest BCUT2D eigenvalue weighted by Crippen LogP contribution is -2.23. The van der Waals surface area contributed by atoms with Gasteiger partial charge in [-0.15, -0.1) is 0 Å². The van der Waals surface area contributed by atoms with Crippen LogP contribution in [0.4, 0.5) is 0 Å². The highest BCUT2D eigenvalue weighted by Gasteiger charge is 1.95. The van der Waals surface area contributed by atoms with Crippen LogP contribution >= 0.6 is 0 Å². The van der Waals surface area contributed by atoms with E-state index in [1.807, 2.05) is 0 Å². The predicted octanol–water partition coefficient (Wildman–Crippen LogP) is 6.97. The normalized spacial score (nSPS) is 11.3. The van der Waals surface area contributed by atoms with E-state index in [-0.39, 0.29) is 0 Å². The molecule has 0 heterocycles. The Balaban J connectivity index is 2.94. The summed E-state index contributed by atoms with van der Waals surface area (Å²) < 4.78 is 0. The third kappa shape index (κ3) is 23.9. The van der Waals surface area contributed by atoms with Crippen molar-refractivity contribution in [2.75, 3.05) is 19.6 Å². The van der Waals surface area contributed by atoms with E-state index in [2.05, 4.69) is 12.2 Å². The van der Waals surface area contributed by atoms with Gasteiger partial charge in [0, 0.05) is 13.1 Å². The van der Waals surface area contributed by atoms with Gasteiger partial charge in [-0.2, -0.15) is 0 Å². The average molecular weight is 355 g/mol. The van der Waals surface area contributed by atoms with E-state index in [1.54, 1.807) is 0 Å². The Morgan fingerprint density at radius 3 is 1.08 bits per heavy atom. The van der Waals surface area contributed by atoms with Crippen molar-refractivity contribution in [1.29, 1.82) is 0 Å². The van der Waals surface area contributed by atoms with Crippen LogP contribution in [0.5, 0.6) is 0 Å². The van der Waals surface area contributed by atoms with E-state index >= 15 is 0 Å². The molecule has 0 unspecified atom stereocenters. The molecule has 0 rings (SSSR count). The summed E-state index contributed by atoms with van der Waals surface area (Å²) in [6, 6.07) is 0. The van der Waals surface area contributed by atoms with E-state index in [9.17, 15) is 0 Å². The maximum Gasteiger partial charge on any atom is 0.00745 e. The largest absolute Gasteiger partial charge is 0.329 e. The first-order valence-electron chi connectivity index (χ1n) is 11.8. The summed E-state index contributed by atoms with van der Waals surface area (Å²) in [4.78, 5) is 0. The fraction of sp³-hybridized carbons (Fsp3) is 1.00. The van der Waals surface area contributed by atoms with Crippen LogP contribution in [0.2, 0.25) is 0 Å². The maximum absolute atomic E-state index is 5.45. The fourth-order valence-electron chi connectivity index (χ4n) is 3.56. The minimum absolute atomic E-state index is 0.763. The summed E-state index contributed by atoms with van der Waals surface area (Å²) >= 11 is 0. The Labute approximate surface area is 160 Å². The Morgan fingerprint density at radius 2 is 0.760 bits per heavy atom. The number of unbranched alkanes of at least 4 members (excludes halogenated alkanes) is 18. The van der Waals surface area contributed by atoms with Crippen LogP contribution in [0.1, 0.15) is 129 Å². The van der Waals surface area contributed by atoms with E-state index in [0.717, 1.165) is 19.6 Å². The Morgan fingerprint density at radius 1 is 0.440 bits per heavy atom. The van der Waals surface area contributed by atoms with Crippen LogP contribution in [0, 0.1) is 0 Å². The standard InChI is InChI=1S/C23H50N2/c1-2-3-4-5-6-7-8-9-10-11-12-13-14-15-16-17-18-19-20-22-25-23-21-24/h25H,2-24H2,1H3. The van der Waals surface area contributed by atoms with Gasteiger partial charge in [-0.05, 0) is 13.0 Å². The van der Waals surface area contributed by atoms with Crippen molar-refractivity contribution >= 4 is 0 Å². The van der Waals surface area contributed by atoms with Crippen LogP contribution in [0.15, 0.2) is 0 Å². The average Bonchev–Trinajstić information content (AvgIpc) is 2.63. The van der Waals surface area contributed by atoms with Crippen molar-refractivity contribution in [3.8, 4) is 0 Å². The molecule has 0 fully saturated rings. The van der Waals surface area contributed by atoms with Crippen LogP contribution in [0.3, 0.4) is 0 Å². The summed E-state index contributed by atoms with van der Waals surface area (Å²) in [6.07, 6.45) is 27.5. The van der Waals surface area contributed by atoms with Crippen molar-refractivity contribution < 1.29 is 0 Å². The Bertz CT molecular complexity index is 196. The van der Waals surface area contributed by atoms with Crippen molar-refractivity contribution in [2.24, 2.45) is 5.73 Å². The molecule has 3 N–H and O–H groups in total. The molecule has 0 aliphatic rings. The molecule has 0 atom stereocenters. The monoisotopic (exact) mass is 354 g/mol. The predicted molar refractivity (Wildman–Crippen MR) is 115 cm³/mol. The highest BCUT2D eigenvalue weighted by molar-refractivity contribution is 4.52. The quantitative estimate of drug-likeness (QED) is 0.206. The summed E-state index contributed by atoms with van der Waals surface area (Å²) in [5.41, 5.74) is 5.45. The second kappa shape index (κ2) is 23.9. The van der Waals surface area contributed by atoms with Gasteiger partial charge < -0.3 is 11.1 Å². The zero-order valence-corrected chi connectivity index (χ0v) is 17.6. The highest BCUT2D eigenvalue weighted by Crippen LogP contribution is 2.14. The van der Waals surface area contributed by atoms with Crippen LogP contribution in [0.25, 0.3) is 0 Å². The van der Waals surface area contributed by atoms with Crippen molar-refractivity contribution in [3.63, 3.8) is 0 Å². The number of hydrogen-bond donors (Lipinski definition) is 2.